The Bertz CT molecular complexity index is 439. The van der Waals surface area contributed by atoms with Crippen LogP contribution in [0.3, 0.4) is 0 Å². The third-order valence-electron chi connectivity index (χ3n) is 3.67. The van der Waals surface area contributed by atoms with Gasteiger partial charge in [-0.25, -0.2) is 0 Å². The van der Waals surface area contributed by atoms with E-state index in [9.17, 15) is 4.79 Å². The number of carbonyl (C=O) groups excluding carboxylic acids is 1. The van der Waals surface area contributed by atoms with Crippen LogP contribution < -0.4 is 14.8 Å². The van der Waals surface area contributed by atoms with E-state index in [-0.39, 0.29) is 0 Å². The van der Waals surface area contributed by atoms with Gasteiger partial charge < -0.3 is 14.8 Å². The Morgan fingerprint density at radius 1 is 1.32 bits per heavy atom. The molecular weight excluding hydrogens is 242 g/mol. The second kappa shape index (κ2) is 6.57. The predicted octanol–water partition coefficient (Wildman–Crippen LogP) is 2.06. The Morgan fingerprint density at radius 2 is 2.11 bits per heavy atom. The number of hydrogen-bond donors (Lipinski definition) is 1. The minimum Gasteiger partial charge on any atom is -0.493 e. The number of rotatable bonds is 5. The summed E-state index contributed by atoms with van der Waals surface area (Å²) in [5, 5.41) is 3.42. The molecule has 0 aromatic heterocycles. The number of nitrogens with one attached hydrogen (secondary N) is 1. The van der Waals surface area contributed by atoms with Crippen LogP contribution in [-0.4, -0.2) is 33.6 Å². The fraction of sp³-hybridized carbons (Fsp3) is 0.533. The largest absolute Gasteiger partial charge is 0.493 e. The molecule has 104 valence electrons. The second-order valence-electron chi connectivity index (χ2n) is 4.91. The van der Waals surface area contributed by atoms with Gasteiger partial charge in [0, 0.05) is 0 Å². The lowest BCUT2D eigenvalue weighted by Crippen LogP contribution is -2.30. The van der Waals surface area contributed by atoms with E-state index in [4.69, 9.17) is 9.47 Å². The van der Waals surface area contributed by atoms with Gasteiger partial charge in [-0.2, -0.15) is 0 Å². The second-order valence-corrected chi connectivity index (χ2v) is 4.91. The summed E-state index contributed by atoms with van der Waals surface area (Å²) in [6, 6.07) is 3.78. The topological polar surface area (TPSA) is 47.6 Å². The first-order valence-corrected chi connectivity index (χ1v) is 6.70. The average molecular weight is 263 g/mol. The van der Waals surface area contributed by atoms with Gasteiger partial charge in [0.25, 0.3) is 0 Å². The van der Waals surface area contributed by atoms with Crippen molar-refractivity contribution in [2.75, 3.05) is 27.3 Å². The Hall–Kier alpha value is -1.55. The van der Waals surface area contributed by atoms with Crippen molar-refractivity contribution < 1.29 is 14.3 Å². The van der Waals surface area contributed by atoms with Gasteiger partial charge in [0.2, 0.25) is 0 Å². The van der Waals surface area contributed by atoms with Gasteiger partial charge in [-0.15, -0.1) is 0 Å². The Balaban J connectivity index is 2.26. The fourth-order valence-electron chi connectivity index (χ4n) is 2.72. The monoisotopic (exact) mass is 263 g/mol. The molecule has 1 N–H and O–H groups in total. The van der Waals surface area contributed by atoms with Crippen molar-refractivity contribution in [1.82, 2.24) is 5.32 Å². The van der Waals surface area contributed by atoms with Crippen LogP contribution in [0.4, 0.5) is 0 Å². The van der Waals surface area contributed by atoms with Crippen LogP contribution >= 0.6 is 0 Å². The average Bonchev–Trinajstić information content (AvgIpc) is 2.47. The van der Waals surface area contributed by atoms with Crippen LogP contribution in [0, 0.1) is 5.92 Å². The maximum Gasteiger partial charge on any atom is 0.171 e. The summed E-state index contributed by atoms with van der Waals surface area (Å²) >= 11 is 0. The quantitative estimate of drug-likeness (QED) is 0.826. The molecule has 0 amide bonds. The van der Waals surface area contributed by atoms with Crippen LogP contribution in [0.1, 0.15) is 28.8 Å². The SMILES string of the molecule is COc1c(C=O)ccc(CC2CCCNC2)c1OC. The molecule has 1 aliphatic rings. The first-order chi connectivity index (χ1) is 9.30. The van der Waals surface area contributed by atoms with Crippen LogP contribution in [-0.2, 0) is 6.42 Å². The number of aldehydes is 1. The molecule has 2 rings (SSSR count). The van der Waals surface area contributed by atoms with Gasteiger partial charge in [0.15, 0.2) is 17.8 Å². The van der Waals surface area contributed by atoms with E-state index >= 15 is 0 Å². The highest BCUT2D eigenvalue weighted by atomic mass is 16.5. The first-order valence-electron chi connectivity index (χ1n) is 6.70. The third-order valence-corrected chi connectivity index (χ3v) is 3.67. The zero-order valence-electron chi connectivity index (χ0n) is 11.6. The van der Waals surface area contributed by atoms with E-state index in [0.29, 0.717) is 23.0 Å². The minimum atomic E-state index is 0.532. The number of ether oxygens (including phenoxy) is 2. The lowest BCUT2D eigenvalue weighted by atomic mass is 9.91. The molecule has 0 spiro atoms. The summed E-state index contributed by atoms with van der Waals surface area (Å²) in [5.41, 5.74) is 1.64. The van der Waals surface area contributed by atoms with E-state index < -0.39 is 0 Å². The molecule has 4 heteroatoms. The maximum atomic E-state index is 11.0. The zero-order chi connectivity index (χ0) is 13.7. The Labute approximate surface area is 114 Å². The highest BCUT2D eigenvalue weighted by Gasteiger charge is 2.19. The molecule has 4 nitrogen and oxygen atoms in total. The molecule has 1 atom stereocenters. The molecule has 0 bridgehead atoms. The van der Waals surface area contributed by atoms with Crippen LogP contribution in [0.15, 0.2) is 12.1 Å². The van der Waals surface area contributed by atoms with Crippen molar-refractivity contribution in [2.24, 2.45) is 5.92 Å². The van der Waals surface area contributed by atoms with E-state index in [0.717, 1.165) is 31.4 Å². The number of methoxy groups -OCH3 is 2. The lowest BCUT2D eigenvalue weighted by Gasteiger charge is -2.24. The molecule has 19 heavy (non-hydrogen) atoms. The van der Waals surface area contributed by atoms with Crippen LogP contribution in [0.5, 0.6) is 11.5 Å². The Morgan fingerprint density at radius 3 is 2.68 bits per heavy atom. The predicted molar refractivity (Wildman–Crippen MR) is 74.2 cm³/mol. The van der Waals surface area contributed by atoms with Gasteiger partial charge in [0.1, 0.15) is 0 Å². The molecule has 1 saturated heterocycles. The summed E-state index contributed by atoms with van der Waals surface area (Å²) in [4.78, 5) is 11.0. The van der Waals surface area contributed by atoms with Gasteiger partial charge in [-0.1, -0.05) is 6.07 Å². The third kappa shape index (κ3) is 3.07. The van der Waals surface area contributed by atoms with Crippen molar-refractivity contribution in [3.05, 3.63) is 23.3 Å². The number of carbonyl (C=O) groups is 1. The molecule has 1 aromatic rings. The molecule has 0 saturated carbocycles. The van der Waals surface area contributed by atoms with Gasteiger partial charge >= 0.3 is 0 Å². The molecule has 0 radical (unpaired) electrons. The summed E-state index contributed by atoms with van der Waals surface area (Å²) < 4.78 is 10.8. The maximum absolute atomic E-state index is 11.0. The highest BCUT2D eigenvalue weighted by molar-refractivity contribution is 5.81. The van der Waals surface area contributed by atoms with E-state index in [2.05, 4.69) is 5.32 Å². The standard InChI is InChI=1S/C15H21NO3/c1-18-14-12(8-11-4-3-7-16-9-11)5-6-13(10-17)15(14)19-2/h5-6,10-11,16H,3-4,7-9H2,1-2H3. The molecule has 1 aliphatic heterocycles. The highest BCUT2D eigenvalue weighted by Crippen LogP contribution is 2.35. The van der Waals surface area contributed by atoms with Crippen molar-refractivity contribution >= 4 is 6.29 Å². The molecule has 1 fully saturated rings. The molecular formula is C15H21NO3. The molecule has 1 unspecified atom stereocenters. The van der Waals surface area contributed by atoms with Crippen LogP contribution in [0.2, 0.25) is 0 Å². The summed E-state index contributed by atoms with van der Waals surface area (Å²) in [6.07, 6.45) is 4.20. The summed E-state index contributed by atoms with van der Waals surface area (Å²) in [6.45, 7) is 2.15. The molecule has 1 heterocycles. The number of piperidine rings is 1. The number of hydrogen-bond acceptors (Lipinski definition) is 4. The van der Waals surface area contributed by atoms with E-state index in [1.54, 1.807) is 20.3 Å². The minimum absolute atomic E-state index is 0.532. The lowest BCUT2D eigenvalue weighted by molar-refractivity contribution is 0.112. The zero-order valence-corrected chi connectivity index (χ0v) is 11.6. The van der Waals surface area contributed by atoms with Crippen molar-refractivity contribution in [2.45, 2.75) is 19.3 Å². The van der Waals surface area contributed by atoms with Gasteiger partial charge in [0.05, 0.1) is 19.8 Å². The van der Waals surface area contributed by atoms with Gasteiger partial charge in [-0.05, 0) is 49.9 Å². The van der Waals surface area contributed by atoms with Crippen molar-refractivity contribution in [3.8, 4) is 11.5 Å². The van der Waals surface area contributed by atoms with E-state index in [1.165, 1.54) is 12.8 Å². The Kier molecular flexibility index (Phi) is 4.80. The first kappa shape index (κ1) is 13.9. The van der Waals surface area contributed by atoms with E-state index in [1.807, 2.05) is 6.07 Å². The van der Waals surface area contributed by atoms with Crippen LogP contribution in [0.25, 0.3) is 0 Å². The van der Waals surface area contributed by atoms with Gasteiger partial charge in [-0.3, -0.25) is 4.79 Å². The fourth-order valence-corrected chi connectivity index (χ4v) is 2.72. The van der Waals surface area contributed by atoms with Crippen molar-refractivity contribution in [1.29, 1.82) is 0 Å². The molecule has 1 aromatic carbocycles. The smallest absolute Gasteiger partial charge is 0.171 e. The van der Waals surface area contributed by atoms with Crippen molar-refractivity contribution in [3.63, 3.8) is 0 Å². The molecule has 0 aliphatic carbocycles. The summed E-state index contributed by atoms with van der Waals surface area (Å²) in [5.74, 6) is 1.85. The summed E-state index contributed by atoms with van der Waals surface area (Å²) in [7, 11) is 3.19. The normalized spacial score (nSPS) is 18.9. The number of benzene rings is 1.